The minimum Gasteiger partial charge on any atom is -0.345 e. The number of amides is 4. The first kappa shape index (κ1) is 26.1. The number of hydrogen-bond donors (Lipinski definition) is 4. The predicted octanol–water partition coefficient (Wildman–Crippen LogP) is -1.35. The first-order valence-corrected chi connectivity index (χ1v) is 12.5. The van der Waals surface area contributed by atoms with E-state index in [0.717, 1.165) is 38.6 Å². The van der Waals surface area contributed by atoms with E-state index >= 15 is 0 Å². The van der Waals surface area contributed by atoms with Crippen LogP contribution in [0.5, 0.6) is 0 Å². The van der Waals surface area contributed by atoms with Crippen LogP contribution in [-0.2, 0) is 24.0 Å². The highest BCUT2D eigenvalue weighted by molar-refractivity contribution is 5.95. The van der Waals surface area contributed by atoms with Gasteiger partial charge in [-0.25, -0.2) is 0 Å². The zero-order chi connectivity index (χ0) is 24.5. The molecule has 190 valence electrons. The number of carbonyl (C=O) groups excluding carboxylic acids is 5. The van der Waals surface area contributed by atoms with Gasteiger partial charge < -0.3 is 36.3 Å². The van der Waals surface area contributed by atoms with Crippen molar-refractivity contribution in [2.75, 3.05) is 32.7 Å². The van der Waals surface area contributed by atoms with Crippen molar-refractivity contribution in [2.24, 2.45) is 5.73 Å². The molecule has 4 atom stereocenters. The van der Waals surface area contributed by atoms with Crippen LogP contribution in [0.15, 0.2) is 0 Å². The lowest BCUT2D eigenvalue weighted by molar-refractivity contribution is -0.147. The fraction of sp³-hybridized carbons (Fsp3) is 0.783. The molecule has 5 N–H and O–H groups in total. The van der Waals surface area contributed by atoms with Crippen molar-refractivity contribution in [3.05, 3.63) is 0 Å². The molecule has 0 bridgehead atoms. The van der Waals surface area contributed by atoms with E-state index in [4.69, 9.17) is 5.73 Å². The summed E-state index contributed by atoms with van der Waals surface area (Å²) >= 11 is 0. The average Bonchev–Trinajstić information content (AvgIpc) is 3.62. The fourth-order valence-electron chi connectivity index (χ4n) is 5.10. The maximum absolute atomic E-state index is 13.3. The molecule has 11 nitrogen and oxygen atoms in total. The second kappa shape index (κ2) is 12.8. The topological polar surface area (TPSA) is 154 Å². The highest BCUT2D eigenvalue weighted by Gasteiger charge is 2.43. The molecule has 4 amide bonds. The summed E-state index contributed by atoms with van der Waals surface area (Å²) in [6, 6.07) is -2.03. The van der Waals surface area contributed by atoms with Crippen molar-refractivity contribution >= 4 is 29.9 Å². The highest BCUT2D eigenvalue weighted by Crippen LogP contribution is 2.26. The summed E-state index contributed by atoms with van der Waals surface area (Å²) in [5.41, 5.74) is 5.45. The van der Waals surface area contributed by atoms with Crippen molar-refractivity contribution in [3.63, 3.8) is 0 Å². The van der Waals surface area contributed by atoms with Gasteiger partial charge in [0.05, 0.1) is 18.6 Å². The normalized spacial score (nSPS) is 25.3. The Balaban J connectivity index is 1.51. The summed E-state index contributed by atoms with van der Waals surface area (Å²) < 4.78 is 0. The predicted molar refractivity (Wildman–Crippen MR) is 124 cm³/mol. The Morgan fingerprint density at radius 2 is 1.68 bits per heavy atom. The van der Waals surface area contributed by atoms with E-state index in [1.807, 2.05) is 0 Å². The third-order valence-electron chi connectivity index (χ3n) is 6.92. The molecular formula is C23H38N6O5. The fourth-order valence-corrected chi connectivity index (χ4v) is 5.10. The molecule has 3 aliphatic heterocycles. The van der Waals surface area contributed by atoms with Crippen molar-refractivity contribution in [1.82, 2.24) is 25.8 Å². The molecule has 11 heteroatoms. The molecular weight excluding hydrogens is 440 g/mol. The number of carbonyl (C=O) groups is 5. The van der Waals surface area contributed by atoms with Crippen LogP contribution in [0.1, 0.15) is 57.8 Å². The largest absolute Gasteiger partial charge is 0.345 e. The molecule has 3 rings (SSSR count). The molecule has 0 unspecified atom stereocenters. The van der Waals surface area contributed by atoms with Crippen LogP contribution < -0.4 is 21.7 Å². The third kappa shape index (κ3) is 6.53. The zero-order valence-electron chi connectivity index (χ0n) is 19.8. The maximum Gasteiger partial charge on any atom is 0.246 e. The Bertz CT molecular complexity index is 756. The third-order valence-corrected chi connectivity index (χ3v) is 6.92. The van der Waals surface area contributed by atoms with Gasteiger partial charge in [-0.05, 0) is 70.9 Å². The van der Waals surface area contributed by atoms with Crippen LogP contribution in [0.3, 0.4) is 0 Å². The first-order chi connectivity index (χ1) is 16.5. The zero-order valence-corrected chi connectivity index (χ0v) is 19.8. The number of nitrogens with one attached hydrogen (secondary N) is 3. The first-order valence-electron chi connectivity index (χ1n) is 12.5. The number of nitrogens with two attached hydrogens (primary N) is 1. The van der Waals surface area contributed by atoms with Gasteiger partial charge >= 0.3 is 0 Å². The van der Waals surface area contributed by atoms with E-state index < -0.39 is 24.0 Å². The van der Waals surface area contributed by atoms with Crippen molar-refractivity contribution < 1.29 is 24.0 Å². The number of likely N-dealkylation sites (tertiary alicyclic amines) is 2. The Morgan fingerprint density at radius 3 is 2.32 bits per heavy atom. The summed E-state index contributed by atoms with van der Waals surface area (Å²) in [6.07, 6.45) is 6.98. The minimum absolute atomic E-state index is 0.0265. The van der Waals surface area contributed by atoms with E-state index in [1.54, 1.807) is 9.80 Å². The van der Waals surface area contributed by atoms with E-state index in [0.29, 0.717) is 51.6 Å². The Morgan fingerprint density at radius 1 is 0.971 bits per heavy atom. The summed E-state index contributed by atoms with van der Waals surface area (Å²) in [5.74, 6) is -1.06. The summed E-state index contributed by atoms with van der Waals surface area (Å²) in [4.78, 5) is 65.7. The van der Waals surface area contributed by atoms with Gasteiger partial charge in [-0.2, -0.15) is 0 Å². The molecule has 0 aromatic heterocycles. The molecule has 34 heavy (non-hydrogen) atoms. The van der Waals surface area contributed by atoms with Crippen molar-refractivity contribution in [2.45, 2.75) is 82.0 Å². The number of aldehydes is 1. The quantitative estimate of drug-likeness (QED) is 0.211. The van der Waals surface area contributed by atoms with Gasteiger partial charge in [0.15, 0.2) is 0 Å². The second-order valence-corrected chi connectivity index (χ2v) is 9.34. The lowest BCUT2D eigenvalue weighted by Gasteiger charge is -2.32. The second-order valence-electron chi connectivity index (χ2n) is 9.34. The van der Waals surface area contributed by atoms with E-state index in [9.17, 15) is 24.0 Å². The van der Waals surface area contributed by atoms with Gasteiger partial charge in [0.2, 0.25) is 23.6 Å². The standard InChI is InChI=1S/C23H38N6O5/c24-10-2-1-6-16(15-30)27-20(31)14-26-21(32)18-8-4-12-28(18)23(34)19-9-5-13-29(19)22(33)17-7-3-11-25-17/h15-19,25H,1-14,24H2,(H,26,32)(H,27,31)/t16-,17-,18-,19-/m0/s1. The Labute approximate surface area is 200 Å². The van der Waals surface area contributed by atoms with E-state index in [2.05, 4.69) is 16.0 Å². The molecule has 3 heterocycles. The van der Waals surface area contributed by atoms with Crippen LogP contribution in [0.4, 0.5) is 0 Å². The number of hydrogen-bond acceptors (Lipinski definition) is 7. The number of unbranched alkanes of at least 4 members (excludes halogenated alkanes) is 1. The minimum atomic E-state index is -0.658. The molecule has 0 aromatic carbocycles. The van der Waals surface area contributed by atoms with Gasteiger partial charge in [-0.15, -0.1) is 0 Å². The molecule has 0 spiro atoms. The average molecular weight is 479 g/mol. The Hall–Kier alpha value is -2.53. The molecule has 0 aromatic rings. The van der Waals surface area contributed by atoms with Crippen LogP contribution in [-0.4, -0.2) is 96.6 Å². The van der Waals surface area contributed by atoms with Crippen LogP contribution >= 0.6 is 0 Å². The lowest BCUT2D eigenvalue weighted by Crippen LogP contribution is -2.55. The van der Waals surface area contributed by atoms with Crippen molar-refractivity contribution in [3.8, 4) is 0 Å². The summed E-state index contributed by atoms with van der Waals surface area (Å²) in [7, 11) is 0. The molecule has 3 fully saturated rings. The SMILES string of the molecule is NCCCC[C@@H](C=O)NC(=O)CNC(=O)[C@@H]1CCCN1C(=O)[C@@H]1CCCN1C(=O)[C@@H]1CCCN1. The Kier molecular flexibility index (Phi) is 9.82. The highest BCUT2D eigenvalue weighted by atomic mass is 16.2. The van der Waals surface area contributed by atoms with E-state index in [-0.39, 0.29) is 30.3 Å². The summed E-state index contributed by atoms with van der Waals surface area (Å²) in [6.45, 7) is 2.08. The molecule has 0 saturated carbocycles. The van der Waals surface area contributed by atoms with Gasteiger partial charge in [0.1, 0.15) is 18.4 Å². The van der Waals surface area contributed by atoms with Crippen molar-refractivity contribution in [1.29, 1.82) is 0 Å². The van der Waals surface area contributed by atoms with Gasteiger partial charge in [0, 0.05) is 13.1 Å². The van der Waals surface area contributed by atoms with Gasteiger partial charge in [-0.1, -0.05) is 0 Å². The van der Waals surface area contributed by atoms with Crippen LogP contribution in [0, 0.1) is 0 Å². The summed E-state index contributed by atoms with van der Waals surface area (Å²) in [5, 5.41) is 8.41. The lowest BCUT2D eigenvalue weighted by atomic mass is 10.1. The van der Waals surface area contributed by atoms with Gasteiger partial charge in [-0.3, -0.25) is 19.2 Å². The number of nitrogens with zero attached hydrogens (tertiary/aromatic N) is 2. The smallest absolute Gasteiger partial charge is 0.246 e. The number of rotatable bonds is 11. The maximum atomic E-state index is 13.3. The molecule has 3 aliphatic rings. The van der Waals surface area contributed by atoms with E-state index in [1.165, 1.54) is 0 Å². The molecule has 0 radical (unpaired) electrons. The molecule has 3 saturated heterocycles. The van der Waals surface area contributed by atoms with Crippen LogP contribution in [0.25, 0.3) is 0 Å². The van der Waals surface area contributed by atoms with Crippen LogP contribution in [0.2, 0.25) is 0 Å². The monoisotopic (exact) mass is 478 g/mol. The van der Waals surface area contributed by atoms with Gasteiger partial charge in [0.25, 0.3) is 0 Å². The molecule has 0 aliphatic carbocycles.